The predicted octanol–water partition coefficient (Wildman–Crippen LogP) is 5.30. The van der Waals surface area contributed by atoms with E-state index in [0.29, 0.717) is 25.1 Å². The molecule has 0 aliphatic rings. The third-order valence-corrected chi connectivity index (χ3v) is 8.16. The van der Waals surface area contributed by atoms with E-state index in [2.05, 4.69) is 15.3 Å². The zero-order valence-electron chi connectivity index (χ0n) is 24.8. The number of hydrogen-bond acceptors (Lipinski definition) is 7. The van der Waals surface area contributed by atoms with Crippen LogP contribution in [0.5, 0.6) is 5.75 Å². The third kappa shape index (κ3) is 11.6. The summed E-state index contributed by atoms with van der Waals surface area (Å²) in [6, 6.07) is 14.5. The van der Waals surface area contributed by atoms with Gasteiger partial charge in [-0.25, -0.2) is 13.2 Å². The first kappa shape index (κ1) is 33.9. The number of amides is 1. The number of hydrogen-bond donors (Lipinski definition) is 2. The zero-order valence-corrected chi connectivity index (χ0v) is 25.6. The number of sulfonamides is 1. The van der Waals surface area contributed by atoms with Gasteiger partial charge in [0.15, 0.2) is 0 Å². The van der Waals surface area contributed by atoms with E-state index in [-0.39, 0.29) is 24.4 Å². The minimum absolute atomic E-state index is 0.0510. The van der Waals surface area contributed by atoms with Crippen molar-refractivity contribution in [2.45, 2.75) is 76.5 Å². The van der Waals surface area contributed by atoms with Gasteiger partial charge in [-0.2, -0.15) is 4.31 Å². The summed E-state index contributed by atoms with van der Waals surface area (Å²) in [7, 11) is -2.57. The lowest BCUT2D eigenvalue weighted by Gasteiger charge is -2.35. The summed E-state index contributed by atoms with van der Waals surface area (Å²) in [5, 5.41) is 17.8. The summed E-state index contributed by atoms with van der Waals surface area (Å²) in [4.78, 5) is 15.5. The van der Waals surface area contributed by atoms with Crippen LogP contribution in [-0.2, 0) is 21.2 Å². The normalized spacial score (nSPS) is 13.7. The zero-order chi connectivity index (χ0) is 30.7. The number of azide groups is 1. The summed E-state index contributed by atoms with van der Waals surface area (Å²) in [6.45, 7) is 9.17. The van der Waals surface area contributed by atoms with Gasteiger partial charge >= 0.3 is 6.09 Å². The topological polar surface area (TPSA) is 154 Å². The first-order chi connectivity index (χ1) is 19.2. The number of nitrogens with zero attached hydrogens (tertiary/aromatic N) is 4. The van der Waals surface area contributed by atoms with E-state index < -0.39 is 39.3 Å². The molecule has 2 atom stereocenters. The number of alkyl carbamates (subject to hydrolysis) is 1. The largest absolute Gasteiger partial charge is 0.497 e. The number of aliphatic hydroxyl groups is 1. The van der Waals surface area contributed by atoms with E-state index >= 15 is 0 Å². The summed E-state index contributed by atoms with van der Waals surface area (Å²) in [5.74, 6) is 0.512. The Morgan fingerprint density at radius 3 is 2.29 bits per heavy atom. The van der Waals surface area contributed by atoms with Crippen molar-refractivity contribution >= 4 is 16.1 Å². The molecule has 0 aliphatic heterocycles. The summed E-state index contributed by atoms with van der Waals surface area (Å²) < 4.78 is 39.7. The molecule has 226 valence electrons. The van der Waals surface area contributed by atoms with Crippen molar-refractivity contribution in [1.29, 1.82) is 0 Å². The van der Waals surface area contributed by atoms with Crippen LogP contribution in [0.2, 0.25) is 0 Å². The molecular weight excluding hydrogens is 546 g/mol. The Hall–Kier alpha value is -3.31. The highest BCUT2D eigenvalue weighted by molar-refractivity contribution is 7.89. The minimum atomic E-state index is -4.06. The van der Waals surface area contributed by atoms with Crippen LogP contribution in [0.4, 0.5) is 4.79 Å². The standard InChI is InChI=1S/C29H43N5O6S/c1-28(2,3)40-27(36)32-25(19-22-11-8-7-9-12-22)26(35)20-34(21-29(4,5)17-10-18-31-33-30)41(37,38)24-15-13-23(39-6)14-16-24/h7-9,11-16,25-26,35H,10,17-21H2,1-6H3,(H,32,36)/t25-,26+/m0/s1. The Balaban J connectivity index is 2.40. The van der Waals surface area contributed by atoms with Gasteiger partial charge in [0.25, 0.3) is 0 Å². The highest BCUT2D eigenvalue weighted by Gasteiger charge is 2.35. The molecule has 12 heteroatoms. The number of carbonyl (C=O) groups is 1. The van der Waals surface area contributed by atoms with Crippen LogP contribution in [0.1, 0.15) is 53.0 Å². The van der Waals surface area contributed by atoms with Crippen LogP contribution in [0, 0.1) is 5.41 Å². The van der Waals surface area contributed by atoms with Crippen molar-refractivity contribution < 1.29 is 27.8 Å². The average molecular weight is 590 g/mol. The van der Waals surface area contributed by atoms with Crippen LogP contribution in [0.15, 0.2) is 64.6 Å². The Bertz CT molecular complexity index is 1260. The van der Waals surface area contributed by atoms with Gasteiger partial charge in [-0.15, -0.1) is 0 Å². The number of ether oxygens (including phenoxy) is 2. The van der Waals surface area contributed by atoms with E-state index in [1.165, 1.54) is 23.5 Å². The van der Waals surface area contributed by atoms with Gasteiger partial charge in [0.05, 0.1) is 24.2 Å². The maximum atomic E-state index is 13.9. The van der Waals surface area contributed by atoms with Gasteiger partial charge in [-0.05, 0) is 80.8 Å². The number of aliphatic hydroxyl groups excluding tert-OH is 1. The van der Waals surface area contributed by atoms with E-state index in [1.807, 2.05) is 44.2 Å². The van der Waals surface area contributed by atoms with Crippen LogP contribution in [0.3, 0.4) is 0 Å². The Morgan fingerprint density at radius 2 is 1.73 bits per heavy atom. The van der Waals surface area contributed by atoms with Gasteiger partial charge in [0, 0.05) is 24.5 Å². The summed E-state index contributed by atoms with van der Waals surface area (Å²) in [6.07, 6.45) is -0.560. The molecule has 0 radical (unpaired) electrons. The van der Waals surface area contributed by atoms with Gasteiger partial charge in [0.1, 0.15) is 11.4 Å². The van der Waals surface area contributed by atoms with E-state index in [0.717, 1.165) is 5.56 Å². The number of rotatable bonds is 15. The van der Waals surface area contributed by atoms with Crippen molar-refractivity contribution in [3.8, 4) is 5.75 Å². The second kappa shape index (κ2) is 15.1. The molecule has 0 bridgehead atoms. The van der Waals surface area contributed by atoms with Gasteiger partial charge in [-0.1, -0.05) is 49.3 Å². The van der Waals surface area contributed by atoms with Crippen molar-refractivity contribution in [2.24, 2.45) is 10.5 Å². The minimum Gasteiger partial charge on any atom is -0.497 e. The quantitative estimate of drug-likeness (QED) is 0.124. The first-order valence-corrected chi connectivity index (χ1v) is 15.0. The molecule has 41 heavy (non-hydrogen) atoms. The van der Waals surface area contributed by atoms with Crippen molar-refractivity contribution in [3.63, 3.8) is 0 Å². The fraction of sp³-hybridized carbons (Fsp3) is 0.552. The number of methoxy groups -OCH3 is 1. The molecule has 0 saturated carbocycles. The Morgan fingerprint density at radius 1 is 1.10 bits per heavy atom. The monoisotopic (exact) mass is 589 g/mol. The van der Waals surface area contributed by atoms with E-state index in [4.69, 9.17) is 15.0 Å². The van der Waals surface area contributed by atoms with Crippen LogP contribution >= 0.6 is 0 Å². The van der Waals surface area contributed by atoms with Crippen LogP contribution in [0.25, 0.3) is 10.4 Å². The van der Waals surface area contributed by atoms with Gasteiger partial charge < -0.3 is 19.9 Å². The fourth-order valence-corrected chi connectivity index (χ4v) is 5.97. The summed E-state index contributed by atoms with van der Waals surface area (Å²) in [5.41, 5.74) is 8.17. The molecule has 2 aromatic carbocycles. The number of benzene rings is 2. The predicted molar refractivity (Wildman–Crippen MR) is 158 cm³/mol. The Kier molecular flexibility index (Phi) is 12.5. The maximum Gasteiger partial charge on any atom is 0.407 e. The molecule has 2 N–H and O–H groups in total. The molecule has 11 nitrogen and oxygen atoms in total. The molecule has 0 unspecified atom stereocenters. The van der Waals surface area contributed by atoms with Crippen molar-refractivity contribution in [1.82, 2.24) is 9.62 Å². The third-order valence-electron chi connectivity index (χ3n) is 6.33. The molecule has 0 aliphatic carbocycles. The molecule has 2 rings (SSSR count). The second-order valence-electron chi connectivity index (χ2n) is 11.7. The lowest BCUT2D eigenvalue weighted by molar-refractivity contribution is 0.0392. The molecule has 0 spiro atoms. The highest BCUT2D eigenvalue weighted by atomic mass is 32.2. The van der Waals surface area contributed by atoms with Crippen molar-refractivity contribution in [3.05, 3.63) is 70.6 Å². The average Bonchev–Trinajstić information content (AvgIpc) is 2.89. The molecular formula is C29H43N5O6S. The molecule has 2 aromatic rings. The van der Waals surface area contributed by atoms with Crippen LogP contribution in [-0.4, -0.2) is 68.4 Å². The molecule has 0 heterocycles. The number of carbonyl (C=O) groups excluding carboxylic acids is 1. The molecule has 0 fully saturated rings. The first-order valence-electron chi connectivity index (χ1n) is 13.5. The maximum absolute atomic E-state index is 13.9. The van der Waals surface area contributed by atoms with Crippen LogP contribution < -0.4 is 10.1 Å². The number of nitrogens with one attached hydrogen (secondary N) is 1. The lowest BCUT2D eigenvalue weighted by Crippen LogP contribution is -2.52. The SMILES string of the molecule is COc1ccc(S(=O)(=O)N(C[C@@H](O)[C@H](Cc2ccccc2)NC(=O)OC(C)(C)C)CC(C)(C)CCCN=[N+]=[N-])cc1. The molecule has 1 amide bonds. The molecule has 0 saturated heterocycles. The lowest BCUT2D eigenvalue weighted by atomic mass is 9.87. The second-order valence-corrected chi connectivity index (χ2v) is 13.6. The van der Waals surface area contributed by atoms with Gasteiger partial charge in [-0.3, -0.25) is 0 Å². The summed E-state index contributed by atoms with van der Waals surface area (Å²) >= 11 is 0. The highest BCUT2D eigenvalue weighted by Crippen LogP contribution is 2.29. The van der Waals surface area contributed by atoms with Crippen molar-refractivity contribution in [2.75, 3.05) is 26.7 Å². The fourth-order valence-electron chi connectivity index (χ4n) is 4.32. The Labute approximate surface area is 243 Å². The smallest absolute Gasteiger partial charge is 0.407 e. The molecule has 0 aromatic heterocycles. The van der Waals surface area contributed by atoms with E-state index in [1.54, 1.807) is 32.9 Å². The van der Waals surface area contributed by atoms with E-state index in [9.17, 15) is 18.3 Å². The van der Waals surface area contributed by atoms with Gasteiger partial charge in [0.2, 0.25) is 10.0 Å².